The molecule has 3 unspecified atom stereocenters. The van der Waals surface area contributed by atoms with Gasteiger partial charge in [-0.05, 0) is 31.2 Å². The number of nitrogens with one attached hydrogen (secondary N) is 1. The van der Waals surface area contributed by atoms with Gasteiger partial charge in [-0.15, -0.1) is 0 Å². The molecule has 2 rings (SSSR count). The zero-order valence-corrected chi connectivity index (χ0v) is 19.3. The lowest BCUT2D eigenvalue weighted by atomic mass is 9.97. The van der Waals surface area contributed by atoms with Crippen LogP contribution in [0.1, 0.15) is 24.6 Å². The number of hydrogen-bond donors (Lipinski definition) is 2. The summed E-state index contributed by atoms with van der Waals surface area (Å²) < 4.78 is 51.4. The molecule has 6 atom stereocenters. The van der Waals surface area contributed by atoms with Crippen LogP contribution in [0.2, 0.25) is 0 Å². The lowest BCUT2D eigenvalue weighted by Gasteiger charge is -2.33. The van der Waals surface area contributed by atoms with Crippen LogP contribution in [0.5, 0.6) is 0 Å². The number of aryl methyl sites for hydroxylation is 1. The van der Waals surface area contributed by atoms with E-state index < -0.39 is 59.6 Å². The highest BCUT2D eigenvalue weighted by Crippen LogP contribution is 2.61. The fourth-order valence-corrected chi connectivity index (χ4v) is 5.85. The summed E-state index contributed by atoms with van der Waals surface area (Å²) in [6.45, 7) is 0.562. The number of nitrogens with zero attached hydrogens (tertiary/aromatic N) is 4. The quantitative estimate of drug-likeness (QED) is 0.148. The summed E-state index contributed by atoms with van der Waals surface area (Å²) in [5.74, 6) is -0.561. The number of phosphoric acid groups is 3. The molecule has 0 saturated carbocycles. The molecule has 186 valence electrons. The highest BCUT2D eigenvalue weighted by molar-refractivity contribution is 7.65. The number of phosphoric ester groups is 1. The van der Waals surface area contributed by atoms with Gasteiger partial charge in [-0.1, -0.05) is 5.11 Å². The molecule has 1 aliphatic rings. The third-order valence-electron chi connectivity index (χ3n) is 4.28. The van der Waals surface area contributed by atoms with Gasteiger partial charge < -0.3 is 28.8 Å². The molecule has 1 aliphatic heterocycles. The predicted molar refractivity (Wildman–Crippen MR) is 99.9 cm³/mol. The molecule has 2 N–H and O–H groups in total. The number of hydrogen-bond acceptors (Lipinski definition) is 13. The molecule has 1 fully saturated rings. The molecule has 2 heterocycles. The second-order valence-electron chi connectivity index (χ2n) is 6.67. The van der Waals surface area contributed by atoms with Crippen molar-refractivity contribution in [3.05, 3.63) is 43.0 Å². The van der Waals surface area contributed by atoms with Crippen LogP contribution in [0.15, 0.2) is 20.9 Å². The summed E-state index contributed by atoms with van der Waals surface area (Å²) in [5.41, 5.74) is 7.19. The van der Waals surface area contributed by atoms with Gasteiger partial charge in [0.05, 0.1) is 12.7 Å². The Hall–Kier alpha value is -1.64. The molecule has 1 aromatic rings. The summed E-state index contributed by atoms with van der Waals surface area (Å²) in [7, 11) is -17.7. The highest BCUT2D eigenvalue weighted by Gasteiger charge is 2.37. The van der Waals surface area contributed by atoms with Crippen LogP contribution in [0.25, 0.3) is 10.4 Å². The normalized spacial score (nSPS) is 26.0. The van der Waals surface area contributed by atoms with Gasteiger partial charge in [0.15, 0.2) is 0 Å². The molecule has 0 radical (unpaired) electrons. The number of ether oxygens (including phenoxy) is 1. The Labute approximate surface area is 184 Å². The van der Waals surface area contributed by atoms with Crippen LogP contribution in [0.3, 0.4) is 0 Å². The molecule has 0 aliphatic carbocycles. The van der Waals surface area contributed by atoms with E-state index in [-0.39, 0.29) is 24.9 Å². The van der Waals surface area contributed by atoms with E-state index in [0.29, 0.717) is 0 Å². The maximum Gasteiger partial charge on any atom is 0.330 e. The van der Waals surface area contributed by atoms with Crippen molar-refractivity contribution in [1.82, 2.24) is 9.55 Å². The summed E-state index contributed by atoms with van der Waals surface area (Å²) >= 11 is 0. The van der Waals surface area contributed by atoms with Crippen LogP contribution in [-0.4, -0.2) is 33.7 Å². The Kier molecular flexibility index (Phi) is 8.98. The van der Waals surface area contributed by atoms with Crippen molar-refractivity contribution in [3.8, 4) is 0 Å². The minimum atomic E-state index is -6.06. The first kappa shape index (κ1) is 27.6. The predicted octanol–water partition coefficient (Wildman–Crippen LogP) is -1.10. The van der Waals surface area contributed by atoms with Gasteiger partial charge in [-0.3, -0.25) is 28.0 Å². The summed E-state index contributed by atoms with van der Waals surface area (Å²) in [6, 6.07) is 0. The van der Waals surface area contributed by atoms with E-state index in [1.54, 1.807) is 0 Å². The SMILES string of the molecule is Cc1cn([C@H]2C[C@H](CCN=[N+]=[N-])[C@@H](COP(=O)([O-])OP(=O)([O-])OP(=O)([O-])O)O2)c(=O)[nH]c1=O. The van der Waals surface area contributed by atoms with E-state index >= 15 is 0 Å². The Morgan fingerprint density at radius 3 is 2.58 bits per heavy atom. The summed E-state index contributed by atoms with van der Waals surface area (Å²) in [5, 5.41) is 3.35. The van der Waals surface area contributed by atoms with Crippen LogP contribution < -0.4 is 25.9 Å². The minimum Gasteiger partial charge on any atom is -0.756 e. The largest absolute Gasteiger partial charge is 0.756 e. The fourth-order valence-electron chi connectivity index (χ4n) is 2.96. The van der Waals surface area contributed by atoms with Crippen molar-refractivity contribution >= 4 is 23.5 Å². The molecule has 18 nitrogen and oxygen atoms in total. The van der Waals surface area contributed by atoms with Crippen LogP contribution in [0.4, 0.5) is 0 Å². The maximum absolute atomic E-state index is 12.1. The van der Waals surface area contributed by atoms with Crippen LogP contribution >= 0.6 is 23.5 Å². The van der Waals surface area contributed by atoms with Gasteiger partial charge in [0.1, 0.15) is 6.23 Å². The van der Waals surface area contributed by atoms with E-state index in [9.17, 15) is 38.0 Å². The minimum absolute atomic E-state index is 0.0300. The zero-order chi connectivity index (χ0) is 25.0. The first-order valence-electron chi connectivity index (χ1n) is 8.84. The van der Waals surface area contributed by atoms with Gasteiger partial charge >= 0.3 is 5.69 Å². The molecule has 0 bridgehead atoms. The second kappa shape index (κ2) is 10.7. The standard InChI is InChI=1S/C12H20N5O13P3/c1-7-5-17(12(19)15-11(7)18)10-4-8(2-3-14-16-13)9(28-10)6-27-32(23,24)30-33(25,26)29-31(20,21)22/h5,8-10H,2-4,6H2,1H3,(H,23,24)(H,25,26)(H,15,18,19)(H2,20,21,22)/p-3/t8-,9+,10+/m0/s1. The Morgan fingerprint density at radius 1 is 1.30 bits per heavy atom. The topological polar surface area (TPSA) is 281 Å². The van der Waals surface area contributed by atoms with E-state index in [2.05, 4.69) is 28.2 Å². The first-order valence-corrected chi connectivity index (χ1v) is 13.3. The summed E-state index contributed by atoms with van der Waals surface area (Å²) in [4.78, 5) is 70.3. The van der Waals surface area contributed by atoms with Crippen molar-refractivity contribution in [2.75, 3.05) is 13.2 Å². The van der Waals surface area contributed by atoms with Crippen LogP contribution in [-0.2, 0) is 31.6 Å². The second-order valence-corrected chi connectivity index (χ2v) is 11.0. The van der Waals surface area contributed by atoms with Crippen molar-refractivity contribution in [2.45, 2.75) is 32.1 Å². The molecule has 1 aromatic heterocycles. The fraction of sp³-hybridized carbons (Fsp3) is 0.667. The average molecular weight is 532 g/mol. The van der Waals surface area contributed by atoms with Crippen LogP contribution in [0, 0.1) is 12.8 Å². The number of aromatic nitrogens is 2. The Bertz CT molecular complexity index is 1170. The molecule has 21 heteroatoms. The van der Waals surface area contributed by atoms with E-state index in [0.717, 1.165) is 4.57 Å². The molecule has 0 amide bonds. The Balaban J connectivity index is 2.16. The van der Waals surface area contributed by atoms with Crippen molar-refractivity contribution in [2.24, 2.45) is 11.0 Å². The molecule has 1 saturated heterocycles. The van der Waals surface area contributed by atoms with Gasteiger partial charge in [0.25, 0.3) is 29.0 Å². The lowest BCUT2D eigenvalue weighted by molar-refractivity contribution is -0.250. The highest BCUT2D eigenvalue weighted by atomic mass is 31.3. The van der Waals surface area contributed by atoms with Crippen molar-refractivity contribution in [1.29, 1.82) is 0 Å². The summed E-state index contributed by atoms with van der Waals surface area (Å²) in [6.07, 6.45) is -0.605. The molecular formula is C12H17N5O13P3-3. The third-order valence-corrected chi connectivity index (χ3v) is 7.97. The number of H-pyrrole nitrogens is 1. The van der Waals surface area contributed by atoms with Gasteiger partial charge in [0.2, 0.25) is 0 Å². The van der Waals surface area contributed by atoms with E-state index in [1.807, 2.05) is 0 Å². The van der Waals surface area contributed by atoms with E-state index in [4.69, 9.17) is 15.2 Å². The zero-order valence-electron chi connectivity index (χ0n) is 16.6. The molecule has 33 heavy (non-hydrogen) atoms. The van der Waals surface area contributed by atoms with Crippen molar-refractivity contribution in [3.63, 3.8) is 0 Å². The maximum atomic E-state index is 12.1. The average Bonchev–Trinajstić information content (AvgIpc) is 3.03. The molecule has 0 aromatic carbocycles. The van der Waals surface area contributed by atoms with Gasteiger partial charge in [-0.2, -0.15) is 0 Å². The van der Waals surface area contributed by atoms with Gasteiger partial charge in [-0.25, -0.2) is 13.4 Å². The van der Waals surface area contributed by atoms with Gasteiger partial charge in [0, 0.05) is 23.2 Å². The molecular weight excluding hydrogens is 515 g/mol. The number of azide groups is 1. The van der Waals surface area contributed by atoms with Crippen molar-refractivity contribution < 1.29 is 51.2 Å². The smallest absolute Gasteiger partial charge is 0.330 e. The first-order chi connectivity index (χ1) is 15.1. The lowest BCUT2D eigenvalue weighted by Crippen LogP contribution is -2.33. The Morgan fingerprint density at radius 2 is 1.97 bits per heavy atom. The number of rotatable bonds is 11. The third kappa shape index (κ3) is 8.58. The monoisotopic (exact) mass is 532 g/mol. The molecule has 0 spiro atoms. The number of aromatic amines is 1. The van der Waals surface area contributed by atoms with E-state index in [1.165, 1.54) is 13.1 Å².